The minimum Gasteiger partial charge on any atom is -0.345 e. The first-order chi connectivity index (χ1) is 14.5. The zero-order chi connectivity index (χ0) is 21.5. The molecule has 2 N–H and O–H groups in total. The first-order valence-corrected chi connectivity index (χ1v) is 10.5. The number of carbonyl (C=O) groups is 2. The van der Waals surface area contributed by atoms with Crippen LogP contribution in [0.4, 0.5) is 10.1 Å². The number of nitrogens with zero attached hydrogens (tertiary/aromatic N) is 3. The molecule has 0 radical (unpaired) electrons. The summed E-state index contributed by atoms with van der Waals surface area (Å²) >= 11 is 7.09. The van der Waals surface area contributed by atoms with Crippen molar-refractivity contribution >= 4 is 40.9 Å². The molecule has 0 saturated heterocycles. The molecule has 30 heavy (non-hydrogen) atoms. The number of thioether (sulfide) groups is 1. The molecule has 0 bridgehead atoms. The lowest BCUT2D eigenvalue weighted by Gasteiger charge is -2.09. The van der Waals surface area contributed by atoms with Crippen LogP contribution in [0.15, 0.2) is 53.7 Å². The van der Waals surface area contributed by atoms with Crippen molar-refractivity contribution in [3.05, 3.63) is 70.8 Å². The summed E-state index contributed by atoms with van der Waals surface area (Å²) in [5.41, 5.74) is 1.01. The van der Waals surface area contributed by atoms with E-state index in [9.17, 15) is 14.0 Å². The minimum atomic E-state index is -0.404. The van der Waals surface area contributed by atoms with Gasteiger partial charge in [-0.05, 0) is 55.5 Å². The summed E-state index contributed by atoms with van der Waals surface area (Å²) < 4.78 is 14.8. The summed E-state index contributed by atoms with van der Waals surface area (Å²) in [7, 11) is 0. The average molecular weight is 448 g/mol. The topological polar surface area (TPSA) is 88.9 Å². The molecule has 7 nitrogen and oxygen atoms in total. The Morgan fingerprint density at radius 1 is 1.10 bits per heavy atom. The van der Waals surface area contributed by atoms with E-state index in [1.165, 1.54) is 36.0 Å². The first-order valence-electron chi connectivity index (χ1n) is 9.10. The number of benzene rings is 2. The first kappa shape index (κ1) is 21.8. The van der Waals surface area contributed by atoms with Gasteiger partial charge in [0.1, 0.15) is 5.82 Å². The summed E-state index contributed by atoms with van der Waals surface area (Å²) in [6, 6.07) is 12.1. The highest BCUT2D eigenvalue weighted by Gasteiger charge is 2.14. The quantitative estimate of drug-likeness (QED) is 0.513. The largest absolute Gasteiger partial charge is 0.345 e. The molecule has 0 fully saturated rings. The fraction of sp³-hybridized carbons (Fsp3) is 0.200. The van der Waals surface area contributed by atoms with Crippen LogP contribution < -0.4 is 10.6 Å². The number of carbonyl (C=O) groups excluding carboxylic acids is 2. The second kappa shape index (κ2) is 10.2. The maximum Gasteiger partial charge on any atom is 0.251 e. The Bertz CT molecular complexity index is 1020. The van der Waals surface area contributed by atoms with Gasteiger partial charge in [-0.15, -0.1) is 10.2 Å². The molecule has 2 amide bonds. The number of aromatic nitrogens is 3. The van der Waals surface area contributed by atoms with Crippen LogP contribution in [-0.2, 0) is 17.9 Å². The zero-order valence-electron chi connectivity index (χ0n) is 16.1. The summed E-state index contributed by atoms with van der Waals surface area (Å²) in [5.74, 6) is -0.202. The smallest absolute Gasteiger partial charge is 0.251 e. The van der Waals surface area contributed by atoms with E-state index in [-0.39, 0.29) is 24.1 Å². The maximum atomic E-state index is 13.0. The molecule has 0 aliphatic heterocycles. The van der Waals surface area contributed by atoms with Gasteiger partial charge in [0.15, 0.2) is 11.0 Å². The summed E-state index contributed by atoms with van der Waals surface area (Å²) in [4.78, 5) is 24.4. The molecule has 0 aliphatic carbocycles. The van der Waals surface area contributed by atoms with E-state index in [4.69, 9.17) is 11.6 Å². The molecular formula is C20H19ClFN5O2S. The van der Waals surface area contributed by atoms with Crippen LogP contribution in [0.5, 0.6) is 0 Å². The van der Waals surface area contributed by atoms with Gasteiger partial charge in [0.2, 0.25) is 5.91 Å². The van der Waals surface area contributed by atoms with Crippen molar-refractivity contribution < 1.29 is 14.0 Å². The van der Waals surface area contributed by atoms with Gasteiger partial charge in [0.25, 0.3) is 5.91 Å². The Morgan fingerprint density at radius 3 is 2.47 bits per heavy atom. The lowest BCUT2D eigenvalue weighted by Crippen LogP contribution is -2.24. The predicted octanol–water partition coefficient (Wildman–Crippen LogP) is 3.75. The number of halogens is 2. The van der Waals surface area contributed by atoms with Crippen molar-refractivity contribution in [1.82, 2.24) is 20.1 Å². The van der Waals surface area contributed by atoms with Crippen LogP contribution in [0.25, 0.3) is 0 Å². The summed E-state index contributed by atoms with van der Waals surface area (Å²) in [6.45, 7) is 2.66. The Hall–Kier alpha value is -2.91. The molecule has 2 aromatic carbocycles. The van der Waals surface area contributed by atoms with Crippen molar-refractivity contribution in [2.24, 2.45) is 0 Å². The van der Waals surface area contributed by atoms with Crippen molar-refractivity contribution in [2.45, 2.75) is 25.2 Å². The molecule has 0 aliphatic rings. The Balaban J connectivity index is 1.55. The van der Waals surface area contributed by atoms with Gasteiger partial charge in [-0.1, -0.05) is 23.4 Å². The van der Waals surface area contributed by atoms with E-state index in [0.29, 0.717) is 33.8 Å². The molecule has 0 atom stereocenters. The number of nitrogens with one attached hydrogen (secondary N) is 2. The van der Waals surface area contributed by atoms with Gasteiger partial charge in [-0.25, -0.2) is 4.39 Å². The van der Waals surface area contributed by atoms with Gasteiger partial charge in [0.05, 0.1) is 12.3 Å². The van der Waals surface area contributed by atoms with Crippen molar-refractivity contribution in [1.29, 1.82) is 0 Å². The fourth-order valence-corrected chi connectivity index (χ4v) is 3.54. The monoisotopic (exact) mass is 447 g/mol. The number of rotatable bonds is 8. The maximum absolute atomic E-state index is 13.0. The summed E-state index contributed by atoms with van der Waals surface area (Å²) in [6.07, 6.45) is 0. The van der Waals surface area contributed by atoms with Crippen molar-refractivity contribution in [3.63, 3.8) is 0 Å². The number of hydrogen-bond donors (Lipinski definition) is 2. The second-order valence-corrected chi connectivity index (χ2v) is 7.56. The van der Waals surface area contributed by atoms with Crippen LogP contribution in [0.2, 0.25) is 5.02 Å². The minimum absolute atomic E-state index is 0.155. The lowest BCUT2D eigenvalue weighted by molar-refractivity contribution is -0.113. The van der Waals surface area contributed by atoms with Crippen molar-refractivity contribution in [2.75, 3.05) is 11.1 Å². The third-order valence-corrected chi connectivity index (χ3v) is 5.30. The SMILES string of the molecule is CCn1c(CNC(=O)c2ccc(F)cc2)nnc1SCC(=O)Nc1ccc(Cl)cc1. The Kier molecular flexibility index (Phi) is 7.42. The number of amides is 2. The molecule has 3 rings (SSSR count). The van der Waals surface area contributed by atoms with E-state index < -0.39 is 5.82 Å². The highest BCUT2D eigenvalue weighted by molar-refractivity contribution is 7.99. The Labute approximate surface area is 182 Å². The zero-order valence-corrected chi connectivity index (χ0v) is 17.6. The molecule has 3 aromatic rings. The average Bonchev–Trinajstić information content (AvgIpc) is 3.14. The molecule has 156 valence electrons. The molecule has 0 spiro atoms. The fourth-order valence-electron chi connectivity index (χ4n) is 2.60. The number of hydrogen-bond acceptors (Lipinski definition) is 5. The molecule has 1 heterocycles. The van der Waals surface area contributed by atoms with Gasteiger partial charge in [-0.2, -0.15) is 0 Å². The van der Waals surface area contributed by atoms with Gasteiger partial charge < -0.3 is 15.2 Å². The van der Waals surface area contributed by atoms with Gasteiger partial charge >= 0.3 is 0 Å². The third kappa shape index (κ3) is 5.80. The predicted molar refractivity (Wildman–Crippen MR) is 114 cm³/mol. The van der Waals surface area contributed by atoms with E-state index >= 15 is 0 Å². The van der Waals surface area contributed by atoms with Crippen LogP contribution >= 0.6 is 23.4 Å². The lowest BCUT2D eigenvalue weighted by atomic mass is 10.2. The van der Waals surface area contributed by atoms with Crippen LogP contribution in [-0.4, -0.2) is 32.3 Å². The van der Waals surface area contributed by atoms with E-state index in [1.54, 1.807) is 24.3 Å². The van der Waals surface area contributed by atoms with E-state index in [1.807, 2.05) is 11.5 Å². The van der Waals surface area contributed by atoms with Crippen LogP contribution in [0.3, 0.4) is 0 Å². The highest BCUT2D eigenvalue weighted by atomic mass is 35.5. The normalized spacial score (nSPS) is 10.6. The standard InChI is InChI=1S/C20H19ClFN5O2S/c1-2-27-17(11-23-19(29)13-3-7-15(22)8-4-13)25-26-20(27)30-12-18(28)24-16-9-5-14(21)6-10-16/h3-10H,2,11-12H2,1H3,(H,23,29)(H,24,28). The molecule has 10 heteroatoms. The van der Waals surface area contributed by atoms with Crippen molar-refractivity contribution in [3.8, 4) is 0 Å². The van der Waals surface area contributed by atoms with Gasteiger partial charge in [0, 0.05) is 22.8 Å². The Morgan fingerprint density at radius 2 is 1.80 bits per heavy atom. The molecular weight excluding hydrogens is 429 g/mol. The van der Waals surface area contributed by atoms with E-state index in [0.717, 1.165) is 0 Å². The van der Waals surface area contributed by atoms with Crippen LogP contribution in [0.1, 0.15) is 23.1 Å². The third-order valence-electron chi connectivity index (χ3n) is 4.08. The summed E-state index contributed by atoms with van der Waals surface area (Å²) in [5, 5.41) is 14.9. The highest BCUT2D eigenvalue weighted by Crippen LogP contribution is 2.18. The number of anilines is 1. The molecule has 0 saturated carbocycles. The van der Waals surface area contributed by atoms with Gasteiger partial charge in [-0.3, -0.25) is 9.59 Å². The molecule has 1 aromatic heterocycles. The second-order valence-electron chi connectivity index (χ2n) is 6.18. The molecule has 0 unspecified atom stereocenters. The van der Waals surface area contributed by atoms with Crippen LogP contribution in [0, 0.1) is 5.82 Å². The van der Waals surface area contributed by atoms with E-state index in [2.05, 4.69) is 20.8 Å².